The normalized spacial score (nSPS) is 16.5. The van der Waals surface area contributed by atoms with E-state index in [-0.39, 0.29) is 47.1 Å². The number of para-hydroxylation sites is 1. The molecule has 1 atom stereocenters. The minimum atomic E-state index is -0.978. The Morgan fingerprint density at radius 2 is 1.93 bits per heavy atom. The quantitative estimate of drug-likeness (QED) is 0.341. The molecule has 0 aliphatic carbocycles. The SMILES string of the molecule is C=CC(=O)N1CCN2c3nc(=O)n(-c4c(C)cccc4C(C)C)c4nc(-c5c(O)cccc5F)c(F)c(c34)OCCC2C1. The number of rotatable bonds is 4. The van der Waals surface area contributed by atoms with E-state index in [0.717, 1.165) is 17.2 Å². The zero-order chi connectivity index (χ0) is 30.6. The van der Waals surface area contributed by atoms with Gasteiger partial charge in [0.15, 0.2) is 17.2 Å². The number of ether oxygens (including phenoxy) is 1. The van der Waals surface area contributed by atoms with Crippen LogP contribution in [0.15, 0.2) is 53.8 Å². The van der Waals surface area contributed by atoms with Crippen LogP contribution in [0.3, 0.4) is 0 Å². The minimum absolute atomic E-state index is 0.00140. The van der Waals surface area contributed by atoms with Crippen LogP contribution in [0.4, 0.5) is 14.6 Å². The summed E-state index contributed by atoms with van der Waals surface area (Å²) in [5.41, 5.74) is 0.571. The van der Waals surface area contributed by atoms with Crippen LogP contribution in [0.2, 0.25) is 0 Å². The Kier molecular flexibility index (Phi) is 7.11. The van der Waals surface area contributed by atoms with Crippen molar-refractivity contribution in [2.75, 3.05) is 31.1 Å². The average molecular weight is 588 g/mol. The highest BCUT2D eigenvalue weighted by molar-refractivity contribution is 5.97. The van der Waals surface area contributed by atoms with Crippen molar-refractivity contribution in [3.05, 3.63) is 82.3 Å². The van der Waals surface area contributed by atoms with Crippen molar-refractivity contribution >= 4 is 22.8 Å². The summed E-state index contributed by atoms with van der Waals surface area (Å²) < 4.78 is 39.0. The molecule has 4 heterocycles. The van der Waals surface area contributed by atoms with Crippen molar-refractivity contribution in [3.8, 4) is 28.4 Å². The molecule has 2 aliphatic rings. The van der Waals surface area contributed by atoms with E-state index in [4.69, 9.17) is 4.74 Å². The molecule has 43 heavy (non-hydrogen) atoms. The first-order valence-corrected chi connectivity index (χ1v) is 14.2. The number of phenols is 1. The Bertz CT molecular complexity index is 1830. The molecule has 0 bridgehead atoms. The van der Waals surface area contributed by atoms with Crippen molar-refractivity contribution < 1.29 is 23.4 Å². The summed E-state index contributed by atoms with van der Waals surface area (Å²) in [5.74, 6) is -2.63. The number of piperazine rings is 1. The summed E-state index contributed by atoms with van der Waals surface area (Å²) >= 11 is 0. The number of aromatic nitrogens is 3. The third-order valence-electron chi connectivity index (χ3n) is 8.19. The van der Waals surface area contributed by atoms with Crippen LogP contribution in [0.25, 0.3) is 28.0 Å². The highest BCUT2D eigenvalue weighted by Gasteiger charge is 2.36. The van der Waals surface area contributed by atoms with Crippen molar-refractivity contribution in [2.24, 2.45) is 0 Å². The van der Waals surface area contributed by atoms with Crippen molar-refractivity contribution in [2.45, 2.75) is 39.2 Å². The third-order valence-corrected chi connectivity index (χ3v) is 8.19. The van der Waals surface area contributed by atoms with Gasteiger partial charge in [0.25, 0.3) is 0 Å². The van der Waals surface area contributed by atoms with Gasteiger partial charge in [0.05, 0.1) is 23.9 Å². The van der Waals surface area contributed by atoms with Gasteiger partial charge in [-0.05, 0) is 42.2 Å². The van der Waals surface area contributed by atoms with Crippen molar-refractivity contribution in [1.29, 1.82) is 0 Å². The lowest BCUT2D eigenvalue weighted by molar-refractivity contribution is -0.126. The molecule has 2 aromatic heterocycles. The number of halogens is 2. The number of carbonyl (C=O) groups excluding carboxylic acids is 1. The number of hydrogen-bond acceptors (Lipinski definition) is 7. The van der Waals surface area contributed by atoms with Gasteiger partial charge in [-0.1, -0.05) is 44.7 Å². The van der Waals surface area contributed by atoms with Gasteiger partial charge >= 0.3 is 5.69 Å². The van der Waals surface area contributed by atoms with Crippen LogP contribution in [0.1, 0.15) is 37.3 Å². The highest BCUT2D eigenvalue weighted by atomic mass is 19.1. The highest BCUT2D eigenvalue weighted by Crippen LogP contribution is 2.43. The number of carbonyl (C=O) groups is 1. The number of phenolic OH excluding ortho intramolecular Hbond substituents is 1. The van der Waals surface area contributed by atoms with Gasteiger partial charge in [-0.3, -0.25) is 4.79 Å². The fourth-order valence-electron chi connectivity index (χ4n) is 6.10. The summed E-state index contributed by atoms with van der Waals surface area (Å²) in [7, 11) is 0. The molecule has 1 saturated heterocycles. The molecule has 6 rings (SSSR count). The summed E-state index contributed by atoms with van der Waals surface area (Å²) in [4.78, 5) is 39.1. The predicted molar refractivity (Wildman–Crippen MR) is 159 cm³/mol. The molecular formula is C32H31F2N5O4. The monoisotopic (exact) mass is 587 g/mol. The zero-order valence-electron chi connectivity index (χ0n) is 24.1. The molecule has 1 fully saturated rings. The topological polar surface area (TPSA) is 101 Å². The van der Waals surface area contributed by atoms with Gasteiger partial charge in [-0.2, -0.15) is 4.98 Å². The maximum atomic E-state index is 16.5. The molecular weight excluding hydrogens is 556 g/mol. The van der Waals surface area contributed by atoms with Crippen molar-refractivity contribution in [3.63, 3.8) is 0 Å². The first-order chi connectivity index (χ1) is 20.6. The summed E-state index contributed by atoms with van der Waals surface area (Å²) in [6.45, 7) is 10.5. The number of aromatic hydroxyl groups is 1. The predicted octanol–water partition coefficient (Wildman–Crippen LogP) is 4.85. The first-order valence-electron chi connectivity index (χ1n) is 14.2. The molecule has 2 aromatic carbocycles. The van der Waals surface area contributed by atoms with Gasteiger partial charge in [-0.15, -0.1) is 0 Å². The standard InChI is InChI=1S/C32H31F2N5O4/c1-5-23(41)37-13-14-38-19(16-37)12-15-43-29-25-30(38)36-32(42)39(28-18(4)8-6-9-20(28)17(2)3)31(25)35-27(26(29)34)24-21(33)10-7-11-22(24)40/h5-11,17,19,40H,1,12-16H2,2-4H3. The summed E-state index contributed by atoms with van der Waals surface area (Å²) in [6.07, 6.45) is 1.65. The maximum Gasteiger partial charge on any atom is 0.355 e. The van der Waals surface area contributed by atoms with Gasteiger partial charge in [0.1, 0.15) is 28.5 Å². The maximum absolute atomic E-state index is 16.5. The minimum Gasteiger partial charge on any atom is -0.507 e. The molecule has 1 unspecified atom stereocenters. The number of fused-ring (bicyclic) bond motifs is 2. The lowest BCUT2D eigenvalue weighted by atomic mass is 9.97. The molecule has 9 nitrogen and oxygen atoms in total. The van der Waals surface area contributed by atoms with E-state index in [1.165, 1.54) is 22.8 Å². The number of benzene rings is 2. The second-order valence-corrected chi connectivity index (χ2v) is 11.1. The van der Waals surface area contributed by atoms with Crippen LogP contribution in [-0.4, -0.2) is 62.7 Å². The largest absolute Gasteiger partial charge is 0.507 e. The van der Waals surface area contributed by atoms with Crippen molar-refractivity contribution in [1.82, 2.24) is 19.4 Å². The molecule has 0 radical (unpaired) electrons. The molecule has 4 aromatic rings. The molecule has 2 aliphatic heterocycles. The third kappa shape index (κ3) is 4.59. The van der Waals surface area contributed by atoms with E-state index in [1.807, 2.05) is 43.9 Å². The van der Waals surface area contributed by atoms with Crippen LogP contribution >= 0.6 is 0 Å². The molecule has 1 amide bonds. The number of anilines is 1. The first kappa shape index (κ1) is 28.3. The smallest absolute Gasteiger partial charge is 0.355 e. The number of amides is 1. The van der Waals surface area contributed by atoms with E-state index in [1.54, 1.807) is 4.90 Å². The van der Waals surface area contributed by atoms with Gasteiger partial charge in [-0.25, -0.2) is 23.1 Å². The van der Waals surface area contributed by atoms with E-state index in [0.29, 0.717) is 31.7 Å². The molecule has 1 N–H and O–H groups in total. The van der Waals surface area contributed by atoms with Gasteiger partial charge in [0.2, 0.25) is 5.91 Å². The Morgan fingerprint density at radius 3 is 2.65 bits per heavy atom. The lowest BCUT2D eigenvalue weighted by Gasteiger charge is -2.43. The van der Waals surface area contributed by atoms with E-state index < -0.39 is 34.3 Å². The number of pyridine rings is 1. The second-order valence-electron chi connectivity index (χ2n) is 11.1. The van der Waals surface area contributed by atoms with Crippen LogP contribution in [-0.2, 0) is 4.79 Å². The van der Waals surface area contributed by atoms with Crippen LogP contribution in [0, 0.1) is 18.6 Å². The number of aryl methyl sites for hydroxylation is 1. The zero-order valence-corrected chi connectivity index (χ0v) is 24.1. The Balaban J connectivity index is 1.72. The molecule has 0 saturated carbocycles. The fraction of sp³-hybridized carbons (Fsp3) is 0.312. The Hall–Kier alpha value is -4.80. The van der Waals surface area contributed by atoms with Crippen LogP contribution < -0.4 is 15.3 Å². The second kappa shape index (κ2) is 10.8. The lowest BCUT2D eigenvalue weighted by Crippen LogP contribution is -2.56. The molecule has 0 spiro atoms. The van der Waals surface area contributed by atoms with E-state index in [9.17, 15) is 14.7 Å². The molecule has 222 valence electrons. The number of nitrogens with zero attached hydrogens (tertiary/aromatic N) is 5. The van der Waals surface area contributed by atoms with Gasteiger partial charge in [0, 0.05) is 26.1 Å². The van der Waals surface area contributed by atoms with Crippen LogP contribution in [0.5, 0.6) is 11.5 Å². The Morgan fingerprint density at radius 1 is 1.16 bits per heavy atom. The van der Waals surface area contributed by atoms with E-state index >= 15 is 8.78 Å². The summed E-state index contributed by atoms with van der Waals surface area (Å²) in [6, 6.07) is 9.01. The average Bonchev–Trinajstić information content (AvgIpc) is 2.97. The van der Waals surface area contributed by atoms with E-state index in [2.05, 4.69) is 16.5 Å². The Labute approximate surface area is 246 Å². The summed E-state index contributed by atoms with van der Waals surface area (Å²) in [5, 5.41) is 10.8. The molecule has 11 heteroatoms. The fourth-order valence-corrected chi connectivity index (χ4v) is 6.10. The number of hydrogen-bond donors (Lipinski definition) is 1. The van der Waals surface area contributed by atoms with Gasteiger partial charge < -0.3 is 19.6 Å².